The van der Waals surface area contributed by atoms with Gasteiger partial charge in [0.2, 0.25) is 0 Å². The van der Waals surface area contributed by atoms with Crippen molar-refractivity contribution in [2.24, 2.45) is 0 Å². The van der Waals surface area contributed by atoms with Crippen molar-refractivity contribution >= 4 is 36.4 Å². The molecule has 0 bridgehead atoms. The van der Waals surface area contributed by atoms with Gasteiger partial charge in [-0.1, -0.05) is 18.2 Å². The SMILES string of the molecule is Cc1cccn2cc(COc3ccccc3C(=O)NCC3CCCN3)nc12.Cl.Cl. The fourth-order valence-corrected chi connectivity index (χ4v) is 3.45. The standard InChI is InChI=1S/C21H24N4O2.2ClH/c1-15-6-5-11-25-13-17(24-20(15)25)14-27-19-9-3-2-8-18(19)21(26)23-12-16-7-4-10-22-16;;/h2-3,5-6,8-9,11,13,16,22H,4,7,10,12,14H2,1H3,(H,23,26);2*1H. The van der Waals surface area contributed by atoms with Crippen LogP contribution in [0.2, 0.25) is 0 Å². The molecule has 2 N–H and O–H groups in total. The van der Waals surface area contributed by atoms with Crippen molar-refractivity contribution in [2.75, 3.05) is 13.1 Å². The Morgan fingerprint density at radius 2 is 2.10 bits per heavy atom. The summed E-state index contributed by atoms with van der Waals surface area (Å²) in [6.45, 7) is 4.01. The lowest BCUT2D eigenvalue weighted by Crippen LogP contribution is -2.37. The Morgan fingerprint density at radius 3 is 2.86 bits per heavy atom. The third kappa shape index (κ3) is 5.41. The highest BCUT2D eigenvalue weighted by molar-refractivity contribution is 5.96. The Balaban J connectivity index is 0.00000150. The molecule has 1 amide bonds. The van der Waals surface area contributed by atoms with Crippen LogP contribution >= 0.6 is 24.8 Å². The molecule has 0 spiro atoms. The van der Waals surface area contributed by atoms with Crippen LogP contribution in [0.15, 0.2) is 48.8 Å². The molecule has 0 radical (unpaired) electrons. The van der Waals surface area contributed by atoms with Crippen LogP contribution in [-0.4, -0.2) is 34.4 Å². The minimum Gasteiger partial charge on any atom is -0.486 e. The molecule has 0 aliphatic carbocycles. The minimum absolute atomic E-state index is 0. The third-order valence-electron chi connectivity index (χ3n) is 4.91. The number of halogens is 2. The predicted molar refractivity (Wildman–Crippen MR) is 119 cm³/mol. The van der Waals surface area contributed by atoms with Crippen LogP contribution in [0.3, 0.4) is 0 Å². The van der Waals surface area contributed by atoms with Crippen LogP contribution in [0.4, 0.5) is 0 Å². The maximum Gasteiger partial charge on any atom is 0.255 e. The topological polar surface area (TPSA) is 67.7 Å². The second-order valence-corrected chi connectivity index (χ2v) is 6.94. The number of nitrogens with zero attached hydrogens (tertiary/aromatic N) is 2. The predicted octanol–water partition coefficient (Wildman–Crippen LogP) is 3.55. The second-order valence-electron chi connectivity index (χ2n) is 6.94. The van der Waals surface area contributed by atoms with Crippen LogP contribution in [0.5, 0.6) is 5.75 Å². The van der Waals surface area contributed by atoms with Gasteiger partial charge in [0.25, 0.3) is 5.91 Å². The molecule has 4 rings (SSSR count). The first kappa shape index (κ1) is 23.0. The molecule has 2 aromatic heterocycles. The summed E-state index contributed by atoms with van der Waals surface area (Å²) in [5.74, 6) is 0.466. The maximum absolute atomic E-state index is 12.6. The molecule has 1 fully saturated rings. The monoisotopic (exact) mass is 436 g/mol. The number of amides is 1. The highest BCUT2D eigenvalue weighted by Crippen LogP contribution is 2.20. The number of rotatable bonds is 6. The van der Waals surface area contributed by atoms with Crippen LogP contribution in [0.1, 0.15) is 34.5 Å². The van der Waals surface area contributed by atoms with Gasteiger partial charge < -0.3 is 19.8 Å². The van der Waals surface area contributed by atoms with Crippen molar-refractivity contribution in [3.63, 3.8) is 0 Å². The Labute approximate surface area is 182 Å². The van der Waals surface area contributed by atoms with Gasteiger partial charge in [-0.25, -0.2) is 4.98 Å². The summed E-state index contributed by atoms with van der Waals surface area (Å²) >= 11 is 0. The molecule has 6 nitrogen and oxygen atoms in total. The lowest BCUT2D eigenvalue weighted by Gasteiger charge is -2.14. The third-order valence-corrected chi connectivity index (χ3v) is 4.91. The number of carbonyl (C=O) groups excluding carboxylic acids is 1. The number of carbonyl (C=O) groups is 1. The van der Waals surface area contributed by atoms with Gasteiger partial charge in [-0.05, 0) is 50.1 Å². The molecule has 1 saturated heterocycles. The van der Waals surface area contributed by atoms with Gasteiger partial charge in [0.15, 0.2) is 0 Å². The molecular weight excluding hydrogens is 411 g/mol. The fourth-order valence-electron chi connectivity index (χ4n) is 3.45. The number of aromatic nitrogens is 2. The lowest BCUT2D eigenvalue weighted by molar-refractivity contribution is 0.0945. The van der Waals surface area contributed by atoms with E-state index in [0.29, 0.717) is 30.5 Å². The molecule has 1 aliphatic rings. The number of fused-ring (bicyclic) bond motifs is 1. The van der Waals surface area contributed by atoms with Crippen LogP contribution in [-0.2, 0) is 6.61 Å². The second kappa shape index (κ2) is 10.5. The molecule has 156 valence electrons. The fraction of sp³-hybridized carbons (Fsp3) is 0.333. The minimum atomic E-state index is -0.106. The summed E-state index contributed by atoms with van der Waals surface area (Å²) in [6.07, 6.45) is 6.19. The summed E-state index contributed by atoms with van der Waals surface area (Å²) < 4.78 is 7.92. The molecule has 3 heterocycles. The first-order chi connectivity index (χ1) is 13.2. The number of pyridine rings is 1. The molecular formula is C21H26Cl2N4O2. The molecule has 1 atom stereocenters. The van der Waals surface area contributed by atoms with Crippen LogP contribution in [0, 0.1) is 6.92 Å². The van der Waals surface area contributed by atoms with E-state index < -0.39 is 0 Å². The first-order valence-corrected chi connectivity index (χ1v) is 9.37. The average Bonchev–Trinajstić information content (AvgIpc) is 3.35. The van der Waals surface area contributed by atoms with E-state index in [1.54, 1.807) is 6.07 Å². The quantitative estimate of drug-likeness (QED) is 0.619. The Kier molecular flexibility index (Phi) is 8.32. The number of para-hydroxylation sites is 1. The largest absolute Gasteiger partial charge is 0.486 e. The van der Waals surface area contributed by atoms with Gasteiger partial charge in [0.1, 0.15) is 18.0 Å². The molecule has 3 aromatic rings. The van der Waals surface area contributed by atoms with E-state index in [1.165, 1.54) is 6.42 Å². The number of hydrogen-bond donors (Lipinski definition) is 2. The van der Waals surface area contributed by atoms with Gasteiger partial charge in [0, 0.05) is 25.0 Å². The highest BCUT2D eigenvalue weighted by atomic mass is 35.5. The average molecular weight is 437 g/mol. The molecule has 29 heavy (non-hydrogen) atoms. The summed E-state index contributed by atoms with van der Waals surface area (Å²) in [7, 11) is 0. The van der Waals surface area contributed by atoms with Crippen LogP contribution in [0.25, 0.3) is 5.65 Å². The lowest BCUT2D eigenvalue weighted by atomic mass is 10.1. The van der Waals surface area contributed by atoms with E-state index in [9.17, 15) is 4.79 Å². The first-order valence-electron chi connectivity index (χ1n) is 9.37. The number of ether oxygens (including phenoxy) is 1. The van der Waals surface area contributed by atoms with Gasteiger partial charge in [-0.15, -0.1) is 24.8 Å². The highest BCUT2D eigenvalue weighted by Gasteiger charge is 2.17. The zero-order valence-corrected chi connectivity index (χ0v) is 17.9. The maximum atomic E-state index is 12.6. The van der Waals surface area contributed by atoms with Gasteiger partial charge in [-0.3, -0.25) is 4.79 Å². The van der Waals surface area contributed by atoms with Crippen molar-refractivity contribution in [2.45, 2.75) is 32.4 Å². The number of hydrogen-bond acceptors (Lipinski definition) is 4. The van der Waals surface area contributed by atoms with E-state index in [2.05, 4.69) is 15.6 Å². The van der Waals surface area contributed by atoms with Crippen molar-refractivity contribution in [1.29, 1.82) is 0 Å². The van der Waals surface area contributed by atoms with Crippen molar-refractivity contribution in [3.05, 3.63) is 65.6 Å². The smallest absolute Gasteiger partial charge is 0.255 e. The normalized spacial score (nSPS) is 15.4. The summed E-state index contributed by atoms with van der Waals surface area (Å²) in [6, 6.07) is 11.7. The Bertz CT molecular complexity index is 955. The zero-order valence-electron chi connectivity index (χ0n) is 16.3. The van der Waals surface area contributed by atoms with Crippen molar-refractivity contribution < 1.29 is 9.53 Å². The summed E-state index contributed by atoms with van der Waals surface area (Å²) in [4.78, 5) is 17.2. The van der Waals surface area contributed by atoms with E-state index in [1.807, 2.05) is 54.0 Å². The molecule has 0 saturated carbocycles. The number of nitrogens with one attached hydrogen (secondary N) is 2. The molecule has 1 aromatic carbocycles. The molecule has 8 heteroatoms. The molecule has 1 unspecified atom stereocenters. The van der Waals surface area contributed by atoms with E-state index in [4.69, 9.17) is 4.74 Å². The number of imidazole rings is 1. The van der Waals surface area contributed by atoms with Gasteiger partial charge >= 0.3 is 0 Å². The zero-order chi connectivity index (χ0) is 18.6. The van der Waals surface area contributed by atoms with Crippen molar-refractivity contribution in [3.8, 4) is 5.75 Å². The molecule has 1 aliphatic heterocycles. The van der Waals surface area contributed by atoms with E-state index in [-0.39, 0.29) is 30.7 Å². The Morgan fingerprint density at radius 1 is 1.28 bits per heavy atom. The summed E-state index contributed by atoms with van der Waals surface area (Å²) in [5.41, 5.74) is 3.42. The number of benzene rings is 1. The Hall–Kier alpha value is -2.28. The van der Waals surface area contributed by atoms with Gasteiger partial charge in [-0.2, -0.15) is 0 Å². The van der Waals surface area contributed by atoms with Crippen molar-refractivity contribution in [1.82, 2.24) is 20.0 Å². The van der Waals surface area contributed by atoms with E-state index in [0.717, 1.165) is 29.9 Å². The van der Waals surface area contributed by atoms with Crippen LogP contribution < -0.4 is 15.4 Å². The number of aryl methyl sites for hydroxylation is 1. The summed E-state index contributed by atoms with van der Waals surface area (Å²) in [5, 5.41) is 6.39. The van der Waals surface area contributed by atoms with Gasteiger partial charge in [0.05, 0.1) is 11.3 Å². The van der Waals surface area contributed by atoms with E-state index >= 15 is 0 Å².